The van der Waals surface area contributed by atoms with Gasteiger partial charge in [0.15, 0.2) is 9.84 Å². The molecule has 0 spiro atoms. The molecule has 0 aromatic heterocycles. The minimum Gasteiger partial charge on any atom is -0.449 e. The van der Waals surface area contributed by atoms with Crippen molar-refractivity contribution in [3.05, 3.63) is 0 Å². The fourth-order valence-corrected chi connectivity index (χ4v) is 3.89. The average Bonchev–Trinajstić information content (AvgIpc) is 2.62. The fourth-order valence-electron chi connectivity index (χ4n) is 2.00. The zero-order chi connectivity index (χ0) is 12.6. The van der Waals surface area contributed by atoms with E-state index in [0.717, 1.165) is 5.01 Å². The molecule has 3 amide bonds. The molecule has 96 valence electrons. The number of carbonyl (C=O) groups is 2. The van der Waals surface area contributed by atoms with Crippen LogP contribution in [-0.2, 0) is 14.6 Å². The lowest BCUT2D eigenvalue weighted by Gasteiger charge is -2.20. The van der Waals surface area contributed by atoms with Gasteiger partial charge in [-0.25, -0.2) is 28.4 Å². The molecule has 2 fully saturated rings. The molecule has 0 aromatic carbocycles. The Morgan fingerprint density at radius 3 is 2.94 bits per heavy atom. The number of hydrogen-bond donors (Lipinski definition) is 2. The second-order valence-electron chi connectivity index (χ2n) is 3.90. The third-order valence-corrected chi connectivity index (χ3v) is 4.39. The van der Waals surface area contributed by atoms with E-state index in [2.05, 4.69) is 15.5 Å². The van der Waals surface area contributed by atoms with E-state index in [9.17, 15) is 18.0 Å². The van der Waals surface area contributed by atoms with Crippen molar-refractivity contribution in [1.82, 2.24) is 15.8 Å². The first kappa shape index (κ1) is 12.0. The maximum atomic E-state index is 11.5. The molecule has 8 nitrogen and oxygen atoms in total. The Balaban J connectivity index is 2.07. The van der Waals surface area contributed by atoms with Gasteiger partial charge in [0.25, 0.3) is 0 Å². The molecule has 9 heteroatoms. The second kappa shape index (κ2) is 4.06. The van der Waals surface area contributed by atoms with Crippen molar-refractivity contribution >= 4 is 22.0 Å². The van der Waals surface area contributed by atoms with Gasteiger partial charge in [-0.05, 0) is 6.92 Å². The summed E-state index contributed by atoms with van der Waals surface area (Å²) < 4.78 is 27.4. The van der Waals surface area contributed by atoms with E-state index in [0.29, 0.717) is 0 Å². The molecule has 2 saturated heterocycles. The fraction of sp³-hybridized carbons (Fsp3) is 0.750. The summed E-state index contributed by atoms with van der Waals surface area (Å²) in [5.74, 6) is -0.243. The van der Waals surface area contributed by atoms with Crippen LogP contribution in [0.15, 0.2) is 0 Å². The molecule has 17 heavy (non-hydrogen) atoms. The summed E-state index contributed by atoms with van der Waals surface area (Å²) in [6, 6.07) is -1.53. The summed E-state index contributed by atoms with van der Waals surface area (Å²) in [6.07, 6.45) is -0.771. The van der Waals surface area contributed by atoms with Crippen LogP contribution >= 0.6 is 0 Å². The van der Waals surface area contributed by atoms with Crippen LogP contribution in [0.2, 0.25) is 0 Å². The highest BCUT2D eigenvalue weighted by atomic mass is 32.2. The Morgan fingerprint density at radius 1 is 1.59 bits per heavy atom. The molecule has 0 saturated carbocycles. The highest BCUT2D eigenvalue weighted by molar-refractivity contribution is 7.91. The van der Waals surface area contributed by atoms with E-state index in [1.807, 2.05) is 0 Å². The summed E-state index contributed by atoms with van der Waals surface area (Å²) in [4.78, 5) is 22.7. The SMILES string of the molecule is CCOC(=O)NN1C(=O)NC2CS(=O)(=O)CC21. The number of urea groups is 1. The maximum absolute atomic E-state index is 11.5. The van der Waals surface area contributed by atoms with Crippen molar-refractivity contribution in [3.8, 4) is 0 Å². The lowest BCUT2D eigenvalue weighted by Crippen LogP contribution is -2.49. The largest absolute Gasteiger partial charge is 0.449 e. The Labute approximate surface area is 98.2 Å². The summed E-state index contributed by atoms with van der Waals surface area (Å²) in [6.45, 7) is 1.81. The molecule has 2 atom stereocenters. The molecule has 0 radical (unpaired) electrons. The van der Waals surface area contributed by atoms with Gasteiger partial charge < -0.3 is 10.1 Å². The van der Waals surface area contributed by atoms with Crippen molar-refractivity contribution in [2.24, 2.45) is 0 Å². The molecule has 0 bridgehead atoms. The van der Waals surface area contributed by atoms with Gasteiger partial charge in [0.2, 0.25) is 0 Å². The molecule has 2 N–H and O–H groups in total. The first-order valence-electron chi connectivity index (χ1n) is 5.16. The Morgan fingerprint density at radius 2 is 2.29 bits per heavy atom. The number of carbonyl (C=O) groups excluding carboxylic acids is 2. The average molecular weight is 263 g/mol. The van der Waals surface area contributed by atoms with Gasteiger partial charge in [-0.3, -0.25) is 0 Å². The Bertz CT molecular complexity index is 448. The number of fused-ring (bicyclic) bond motifs is 1. The van der Waals surface area contributed by atoms with Crippen LogP contribution in [0.4, 0.5) is 9.59 Å². The van der Waals surface area contributed by atoms with Crippen LogP contribution in [0, 0.1) is 0 Å². The Kier molecular flexibility index (Phi) is 2.86. The van der Waals surface area contributed by atoms with Gasteiger partial charge in [-0.15, -0.1) is 0 Å². The quantitative estimate of drug-likeness (QED) is 0.611. The topological polar surface area (TPSA) is 105 Å². The Hall–Kier alpha value is -1.51. The van der Waals surface area contributed by atoms with Gasteiger partial charge in [0.05, 0.1) is 30.2 Å². The van der Waals surface area contributed by atoms with Crippen molar-refractivity contribution < 1.29 is 22.7 Å². The highest BCUT2D eigenvalue weighted by Crippen LogP contribution is 2.22. The summed E-state index contributed by atoms with van der Waals surface area (Å²) in [5, 5.41) is 3.50. The monoisotopic (exact) mass is 263 g/mol. The highest BCUT2D eigenvalue weighted by Gasteiger charge is 2.49. The van der Waals surface area contributed by atoms with Gasteiger partial charge in [-0.2, -0.15) is 0 Å². The van der Waals surface area contributed by atoms with E-state index in [1.54, 1.807) is 6.92 Å². The predicted molar refractivity (Wildman–Crippen MR) is 56.8 cm³/mol. The smallest absolute Gasteiger partial charge is 0.426 e. The molecule has 2 aliphatic rings. The number of hydrazine groups is 1. The molecule has 2 rings (SSSR count). The summed E-state index contributed by atoms with van der Waals surface area (Å²) >= 11 is 0. The van der Waals surface area contributed by atoms with Crippen molar-refractivity contribution in [1.29, 1.82) is 0 Å². The number of nitrogens with zero attached hydrogens (tertiary/aromatic N) is 1. The van der Waals surface area contributed by atoms with Crippen molar-refractivity contribution in [2.75, 3.05) is 18.1 Å². The number of ether oxygens (including phenoxy) is 1. The lowest BCUT2D eigenvalue weighted by atomic mass is 10.2. The van der Waals surface area contributed by atoms with E-state index >= 15 is 0 Å². The molecule has 0 aliphatic carbocycles. The zero-order valence-corrected chi connectivity index (χ0v) is 9.99. The number of hydrogen-bond acceptors (Lipinski definition) is 5. The van der Waals surface area contributed by atoms with Gasteiger partial charge in [0.1, 0.15) is 0 Å². The second-order valence-corrected chi connectivity index (χ2v) is 6.06. The molecule has 2 unspecified atom stereocenters. The number of sulfone groups is 1. The minimum atomic E-state index is -3.16. The van der Waals surface area contributed by atoms with Crippen LogP contribution in [0.3, 0.4) is 0 Å². The number of rotatable bonds is 2. The van der Waals surface area contributed by atoms with E-state index in [1.165, 1.54) is 0 Å². The van der Waals surface area contributed by atoms with Crippen LogP contribution < -0.4 is 10.7 Å². The molecular formula is C8H13N3O5S. The van der Waals surface area contributed by atoms with E-state index in [-0.39, 0.29) is 18.1 Å². The third-order valence-electron chi connectivity index (χ3n) is 2.67. The van der Waals surface area contributed by atoms with E-state index in [4.69, 9.17) is 0 Å². The van der Waals surface area contributed by atoms with Crippen molar-refractivity contribution in [2.45, 2.75) is 19.0 Å². The molecule has 2 heterocycles. The van der Waals surface area contributed by atoms with Crippen LogP contribution in [0.5, 0.6) is 0 Å². The van der Waals surface area contributed by atoms with Gasteiger partial charge >= 0.3 is 12.1 Å². The van der Waals surface area contributed by atoms with E-state index < -0.39 is 34.0 Å². The molecular weight excluding hydrogens is 250 g/mol. The van der Waals surface area contributed by atoms with Crippen LogP contribution in [0.1, 0.15) is 6.92 Å². The number of amides is 3. The first-order valence-corrected chi connectivity index (χ1v) is 6.98. The summed E-state index contributed by atoms with van der Waals surface area (Å²) in [7, 11) is -3.16. The van der Waals surface area contributed by atoms with Crippen LogP contribution in [0.25, 0.3) is 0 Å². The number of nitrogens with one attached hydrogen (secondary N) is 2. The standard InChI is InChI=1S/C8H13N3O5S/c1-2-16-8(13)10-11-6-4-17(14,15)3-5(6)9-7(11)12/h5-6H,2-4H2,1H3,(H,9,12)(H,10,13). The molecule has 2 aliphatic heterocycles. The lowest BCUT2D eigenvalue weighted by molar-refractivity contribution is 0.114. The van der Waals surface area contributed by atoms with Gasteiger partial charge in [0, 0.05) is 0 Å². The van der Waals surface area contributed by atoms with Crippen molar-refractivity contribution in [3.63, 3.8) is 0 Å². The van der Waals surface area contributed by atoms with Crippen LogP contribution in [-0.4, -0.2) is 55.7 Å². The predicted octanol–water partition coefficient (Wildman–Crippen LogP) is -1.16. The minimum absolute atomic E-state index is 0.0928. The third kappa shape index (κ3) is 2.28. The normalized spacial score (nSPS) is 29.7. The van der Waals surface area contributed by atoms with Gasteiger partial charge in [-0.1, -0.05) is 0 Å². The first-order chi connectivity index (χ1) is 7.93. The zero-order valence-electron chi connectivity index (χ0n) is 9.17. The summed E-state index contributed by atoms with van der Waals surface area (Å²) in [5.41, 5.74) is 2.23. The maximum Gasteiger partial charge on any atom is 0.426 e. The molecule has 0 aromatic rings.